The van der Waals surface area contributed by atoms with E-state index in [4.69, 9.17) is 0 Å². The molecule has 1 atom stereocenters. The molecule has 1 saturated heterocycles. The second-order valence-corrected chi connectivity index (χ2v) is 9.28. The van der Waals surface area contributed by atoms with E-state index in [0.29, 0.717) is 30.5 Å². The molecule has 0 radical (unpaired) electrons. The fourth-order valence-electron chi connectivity index (χ4n) is 4.55. The van der Waals surface area contributed by atoms with E-state index in [2.05, 4.69) is 29.1 Å². The average molecular weight is 463 g/mol. The largest absolute Gasteiger partial charge is 0.417 e. The lowest BCUT2D eigenvalue weighted by Crippen LogP contribution is -2.40. The Morgan fingerprint density at radius 2 is 1.97 bits per heavy atom. The summed E-state index contributed by atoms with van der Waals surface area (Å²) in [7, 11) is 0. The molecule has 0 bridgehead atoms. The van der Waals surface area contributed by atoms with Crippen LogP contribution < -0.4 is 0 Å². The minimum atomic E-state index is -4.44. The van der Waals surface area contributed by atoms with Crippen LogP contribution in [0.15, 0.2) is 18.3 Å². The predicted octanol–water partition coefficient (Wildman–Crippen LogP) is 4.17. The highest BCUT2D eigenvalue weighted by atomic mass is 19.4. The lowest BCUT2D eigenvalue weighted by Gasteiger charge is -2.32. The zero-order valence-electron chi connectivity index (χ0n) is 19.4. The van der Waals surface area contributed by atoms with Gasteiger partial charge in [0.15, 0.2) is 5.65 Å². The summed E-state index contributed by atoms with van der Waals surface area (Å²) >= 11 is 0. The molecular weight excluding hydrogens is 433 g/mol. The van der Waals surface area contributed by atoms with E-state index >= 15 is 0 Å². The lowest BCUT2D eigenvalue weighted by molar-refractivity contribution is -0.137. The number of aromatic nitrogens is 5. The molecule has 1 aliphatic heterocycles. The van der Waals surface area contributed by atoms with Gasteiger partial charge in [-0.3, -0.25) is 13.9 Å². The van der Waals surface area contributed by atoms with Crippen molar-refractivity contribution in [1.29, 1.82) is 0 Å². The highest BCUT2D eigenvalue weighted by Gasteiger charge is 2.33. The van der Waals surface area contributed by atoms with Crippen molar-refractivity contribution in [1.82, 2.24) is 29.3 Å². The predicted molar refractivity (Wildman–Crippen MR) is 117 cm³/mol. The molecule has 1 fully saturated rings. The Balaban J connectivity index is 1.53. The molecule has 7 nitrogen and oxygen atoms in total. The second-order valence-electron chi connectivity index (χ2n) is 9.28. The molecule has 0 aliphatic carbocycles. The first-order valence-electron chi connectivity index (χ1n) is 11.3. The number of amides is 1. The summed E-state index contributed by atoms with van der Waals surface area (Å²) in [5.41, 5.74) is 2.43. The molecule has 33 heavy (non-hydrogen) atoms. The summed E-state index contributed by atoms with van der Waals surface area (Å²) in [6.45, 7) is 10.00. The van der Waals surface area contributed by atoms with Gasteiger partial charge in [0.2, 0.25) is 5.91 Å². The van der Waals surface area contributed by atoms with Gasteiger partial charge in [-0.1, -0.05) is 13.8 Å². The van der Waals surface area contributed by atoms with Crippen molar-refractivity contribution in [3.05, 3.63) is 46.7 Å². The number of fused-ring (bicyclic) bond motifs is 1. The van der Waals surface area contributed by atoms with Gasteiger partial charge < -0.3 is 4.90 Å². The molecule has 1 aliphatic rings. The Morgan fingerprint density at radius 3 is 2.67 bits per heavy atom. The van der Waals surface area contributed by atoms with Crippen molar-refractivity contribution in [2.45, 2.75) is 65.6 Å². The van der Waals surface area contributed by atoms with E-state index in [1.807, 2.05) is 18.5 Å². The van der Waals surface area contributed by atoms with Gasteiger partial charge >= 0.3 is 6.18 Å². The number of halogens is 3. The third kappa shape index (κ3) is 4.74. The number of hydrogen-bond donors (Lipinski definition) is 0. The second kappa shape index (κ2) is 8.79. The Hall–Kier alpha value is -2.91. The van der Waals surface area contributed by atoms with Crippen LogP contribution in [0.4, 0.5) is 13.2 Å². The van der Waals surface area contributed by atoms with Crippen LogP contribution in [0.1, 0.15) is 60.9 Å². The van der Waals surface area contributed by atoms with E-state index < -0.39 is 11.7 Å². The normalized spacial score (nSPS) is 17.3. The van der Waals surface area contributed by atoms with Crippen LogP contribution in [0.2, 0.25) is 0 Å². The van der Waals surface area contributed by atoms with Crippen molar-refractivity contribution in [3.8, 4) is 0 Å². The number of alkyl halides is 3. The fraction of sp³-hybridized carbons (Fsp3) is 0.565. The number of pyridine rings is 1. The van der Waals surface area contributed by atoms with Crippen LogP contribution in [-0.4, -0.2) is 48.3 Å². The summed E-state index contributed by atoms with van der Waals surface area (Å²) in [5, 5.41) is 12.8. The van der Waals surface area contributed by atoms with Gasteiger partial charge in [-0.25, -0.2) is 0 Å². The standard InChI is InChI=1S/C23H29F3N6O/c1-14(2)11-32-16(4)19(15(3)29-32)10-21(33)30-9-5-6-17(12-30)22-28-27-20-8-7-18(13-31(20)22)23(24,25)26/h7-8,13-14,17H,5-6,9-12H2,1-4H3. The van der Waals surface area contributed by atoms with Gasteiger partial charge in [0.05, 0.1) is 17.7 Å². The highest BCUT2D eigenvalue weighted by molar-refractivity contribution is 5.79. The van der Waals surface area contributed by atoms with Gasteiger partial charge in [-0.05, 0) is 44.7 Å². The third-order valence-electron chi connectivity index (χ3n) is 6.29. The summed E-state index contributed by atoms with van der Waals surface area (Å²) in [6, 6.07) is 2.33. The molecule has 0 saturated carbocycles. The Labute approximate surface area is 190 Å². The minimum Gasteiger partial charge on any atom is -0.342 e. The Bertz CT molecular complexity index is 1160. The minimum absolute atomic E-state index is 0.000187. The Morgan fingerprint density at radius 1 is 1.21 bits per heavy atom. The molecule has 178 valence electrons. The molecule has 0 spiro atoms. The molecule has 0 N–H and O–H groups in total. The molecule has 4 heterocycles. The molecule has 4 rings (SSSR count). The lowest BCUT2D eigenvalue weighted by atomic mass is 9.96. The van der Waals surface area contributed by atoms with Crippen LogP contribution in [0, 0.1) is 19.8 Å². The summed E-state index contributed by atoms with van der Waals surface area (Å²) in [6.07, 6.45) is -1.64. The molecule has 3 aromatic heterocycles. The molecule has 3 aromatic rings. The maximum atomic E-state index is 13.2. The monoisotopic (exact) mass is 462 g/mol. The van der Waals surface area contributed by atoms with Crippen LogP contribution in [-0.2, 0) is 23.9 Å². The fourth-order valence-corrected chi connectivity index (χ4v) is 4.55. The zero-order chi connectivity index (χ0) is 23.9. The van der Waals surface area contributed by atoms with Crippen molar-refractivity contribution >= 4 is 11.6 Å². The Kier molecular flexibility index (Phi) is 6.20. The number of rotatable bonds is 5. The van der Waals surface area contributed by atoms with Gasteiger partial charge in [-0.15, -0.1) is 10.2 Å². The van der Waals surface area contributed by atoms with Gasteiger partial charge in [0.25, 0.3) is 0 Å². The number of piperidine rings is 1. The summed E-state index contributed by atoms with van der Waals surface area (Å²) in [5.74, 6) is 0.739. The first-order chi connectivity index (χ1) is 15.5. The van der Waals surface area contributed by atoms with Gasteiger partial charge in [-0.2, -0.15) is 18.3 Å². The third-order valence-corrected chi connectivity index (χ3v) is 6.29. The van der Waals surface area contributed by atoms with Crippen LogP contribution in [0.5, 0.6) is 0 Å². The number of hydrogen-bond acceptors (Lipinski definition) is 4. The number of nitrogens with zero attached hydrogens (tertiary/aromatic N) is 6. The van der Waals surface area contributed by atoms with E-state index in [0.717, 1.165) is 48.6 Å². The van der Waals surface area contributed by atoms with Crippen LogP contribution >= 0.6 is 0 Å². The van der Waals surface area contributed by atoms with Crippen molar-refractivity contribution in [2.24, 2.45) is 5.92 Å². The van der Waals surface area contributed by atoms with E-state index in [9.17, 15) is 18.0 Å². The van der Waals surface area contributed by atoms with Crippen molar-refractivity contribution in [2.75, 3.05) is 13.1 Å². The molecule has 1 amide bonds. The molecular formula is C23H29F3N6O. The topological polar surface area (TPSA) is 68.3 Å². The number of likely N-dealkylation sites (tertiary alicyclic amines) is 1. The number of aryl methyl sites for hydroxylation is 1. The highest BCUT2D eigenvalue weighted by Crippen LogP contribution is 2.31. The SMILES string of the molecule is Cc1nn(CC(C)C)c(C)c1CC(=O)N1CCCC(c2nnc3ccc(C(F)(F)F)cn23)C1. The molecule has 10 heteroatoms. The quantitative estimate of drug-likeness (QED) is 0.571. The van der Waals surface area contributed by atoms with Crippen LogP contribution in [0.25, 0.3) is 5.65 Å². The first kappa shape index (κ1) is 23.3. The first-order valence-corrected chi connectivity index (χ1v) is 11.3. The zero-order valence-corrected chi connectivity index (χ0v) is 19.4. The number of carbonyl (C=O) groups is 1. The van der Waals surface area contributed by atoms with E-state index in [1.165, 1.54) is 10.5 Å². The number of carbonyl (C=O) groups excluding carboxylic acids is 1. The van der Waals surface area contributed by atoms with Gasteiger partial charge in [0.1, 0.15) is 5.82 Å². The van der Waals surface area contributed by atoms with Crippen molar-refractivity contribution < 1.29 is 18.0 Å². The maximum absolute atomic E-state index is 13.2. The average Bonchev–Trinajstić information content (AvgIpc) is 3.29. The summed E-state index contributed by atoms with van der Waals surface area (Å²) < 4.78 is 43.0. The van der Waals surface area contributed by atoms with E-state index in [1.54, 1.807) is 4.90 Å². The van der Waals surface area contributed by atoms with E-state index in [-0.39, 0.29) is 18.2 Å². The van der Waals surface area contributed by atoms with Crippen molar-refractivity contribution in [3.63, 3.8) is 0 Å². The smallest absolute Gasteiger partial charge is 0.342 e. The molecule has 1 unspecified atom stereocenters. The molecule has 0 aromatic carbocycles. The van der Waals surface area contributed by atoms with Crippen LogP contribution in [0.3, 0.4) is 0 Å². The maximum Gasteiger partial charge on any atom is 0.417 e. The van der Waals surface area contributed by atoms with Gasteiger partial charge in [0, 0.05) is 43.0 Å². The summed E-state index contributed by atoms with van der Waals surface area (Å²) in [4.78, 5) is 15.0.